The Kier molecular flexibility index (Phi) is 20.4. The second-order valence-corrected chi connectivity index (χ2v) is 15.0. The molecule has 0 aliphatic carbocycles. The van der Waals surface area contributed by atoms with Gasteiger partial charge in [0.05, 0.1) is 18.7 Å². The van der Waals surface area contributed by atoms with Gasteiger partial charge in [0.15, 0.2) is 0 Å². The zero-order valence-corrected chi connectivity index (χ0v) is 31.8. The topological polar surface area (TPSA) is 238 Å². The van der Waals surface area contributed by atoms with E-state index in [1.807, 2.05) is 41.5 Å². The SMILES string of the molecule is CC(C)C[C@H](NC(=O)[C@@H](Cc1ccc(O)cc1)NC(=O)[C@H](CCCCN)NC(=O)[C@@H](CC(C)C)NC(=O)[C@@H](N)C(C)C)C(=O)N[C@H](CO)C(C)C. The van der Waals surface area contributed by atoms with Crippen LogP contribution in [0.15, 0.2) is 24.3 Å². The number of rotatable bonds is 23. The quantitative estimate of drug-likeness (QED) is 0.0738. The summed E-state index contributed by atoms with van der Waals surface area (Å²) < 4.78 is 0. The Morgan fingerprint density at radius 1 is 0.627 bits per heavy atom. The molecule has 0 bridgehead atoms. The summed E-state index contributed by atoms with van der Waals surface area (Å²) in [5.41, 5.74) is 12.4. The average molecular weight is 720 g/mol. The van der Waals surface area contributed by atoms with Gasteiger partial charge in [0, 0.05) is 6.42 Å². The highest BCUT2D eigenvalue weighted by atomic mass is 16.3. The molecule has 6 atom stereocenters. The number of carbonyl (C=O) groups is 5. The molecule has 5 amide bonds. The van der Waals surface area contributed by atoms with Crippen LogP contribution in [0.2, 0.25) is 0 Å². The molecule has 1 aromatic carbocycles. The predicted molar refractivity (Wildman–Crippen MR) is 198 cm³/mol. The van der Waals surface area contributed by atoms with Gasteiger partial charge in [-0.05, 0) is 80.0 Å². The van der Waals surface area contributed by atoms with Gasteiger partial charge in [-0.1, -0.05) is 67.5 Å². The fourth-order valence-corrected chi connectivity index (χ4v) is 5.34. The van der Waals surface area contributed by atoms with Crippen LogP contribution in [0.5, 0.6) is 5.75 Å². The maximum Gasteiger partial charge on any atom is 0.243 e. The number of hydrogen-bond acceptors (Lipinski definition) is 9. The van der Waals surface area contributed by atoms with Crippen LogP contribution < -0.4 is 38.1 Å². The largest absolute Gasteiger partial charge is 0.508 e. The summed E-state index contributed by atoms with van der Waals surface area (Å²) in [5, 5.41) is 33.6. The zero-order valence-electron chi connectivity index (χ0n) is 31.8. The summed E-state index contributed by atoms with van der Waals surface area (Å²) in [6.45, 7) is 15.1. The van der Waals surface area contributed by atoms with Crippen LogP contribution >= 0.6 is 0 Å². The number of aliphatic hydroxyl groups excluding tert-OH is 1. The highest BCUT2D eigenvalue weighted by Gasteiger charge is 2.33. The van der Waals surface area contributed by atoms with Crippen molar-refractivity contribution in [3.8, 4) is 5.75 Å². The number of aliphatic hydroxyl groups is 1. The van der Waals surface area contributed by atoms with Crippen molar-refractivity contribution in [2.75, 3.05) is 13.2 Å². The smallest absolute Gasteiger partial charge is 0.243 e. The van der Waals surface area contributed by atoms with Gasteiger partial charge in [-0.3, -0.25) is 24.0 Å². The van der Waals surface area contributed by atoms with Crippen LogP contribution in [0.25, 0.3) is 0 Å². The van der Waals surface area contributed by atoms with E-state index in [0.717, 1.165) is 0 Å². The van der Waals surface area contributed by atoms with E-state index in [1.165, 1.54) is 12.1 Å². The molecular weight excluding hydrogens is 654 g/mol. The number of benzene rings is 1. The van der Waals surface area contributed by atoms with Crippen molar-refractivity contribution in [3.05, 3.63) is 29.8 Å². The van der Waals surface area contributed by atoms with Crippen LogP contribution in [0.3, 0.4) is 0 Å². The van der Waals surface area contributed by atoms with Crippen LogP contribution in [-0.4, -0.2) is 89.2 Å². The van der Waals surface area contributed by atoms with Crippen LogP contribution in [0, 0.1) is 23.7 Å². The number of carbonyl (C=O) groups excluding carboxylic acids is 5. The van der Waals surface area contributed by atoms with E-state index in [4.69, 9.17) is 11.5 Å². The Balaban J connectivity index is 3.41. The maximum absolute atomic E-state index is 14.0. The Bertz CT molecular complexity index is 1240. The molecule has 0 unspecified atom stereocenters. The molecule has 51 heavy (non-hydrogen) atoms. The van der Waals surface area contributed by atoms with E-state index in [9.17, 15) is 34.2 Å². The number of phenols is 1. The summed E-state index contributed by atoms with van der Waals surface area (Å²) in [6, 6.07) is 0.680. The van der Waals surface area contributed by atoms with Crippen molar-refractivity contribution in [3.63, 3.8) is 0 Å². The molecule has 0 aliphatic rings. The highest BCUT2D eigenvalue weighted by Crippen LogP contribution is 2.14. The molecule has 0 aliphatic heterocycles. The molecule has 290 valence electrons. The van der Waals surface area contributed by atoms with Gasteiger partial charge in [0.1, 0.15) is 29.9 Å². The third-order valence-electron chi connectivity index (χ3n) is 8.62. The minimum absolute atomic E-state index is 0.0156. The van der Waals surface area contributed by atoms with Gasteiger partial charge in [-0.2, -0.15) is 0 Å². The van der Waals surface area contributed by atoms with Gasteiger partial charge >= 0.3 is 0 Å². The predicted octanol–water partition coefficient (Wildman–Crippen LogP) is 1.21. The Morgan fingerprint density at radius 3 is 1.55 bits per heavy atom. The van der Waals surface area contributed by atoms with Gasteiger partial charge in [0.25, 0.3) is 0 Å². The van der Waals surface area contributed by atoms with Gasteiger partial charge < -0.3 is 48.3 Å². The number of aromatic hydroxyl groups is 1. The molecule has 0 spiro atoms. The third kappa shape index (κ3) is 16.9. The van der Waals surface area contributed by atoms with Crippen LogP contribution in [-0.2, 0) is 30.4 Å². The van der Waals surface area contributed by atoms with Gasteiger partial charge in [-0.25, -0.2) is 0 Å². The van der Waals surface area contributed by atoms with Crippen LogP contribution in [0.1, 0.15) is 93.1 Å². The van der Waals surface area contributed by atoms with E-state index in [1.54, 1.807) is 26.0 Å². The number of amides is 5. The Morgan fingerprint density at radius 2 is 1.08 bits per heavy atom. The first kappa shape index (κ1) is 45.3. The first-order valence-electron chi connectivity index (χ1n) is 18.3. The molecule has 0 radical (unpaired) electrons. The van der Waals surface area contributed by atoms with Crippen molar-refractivity contribution < 1.29 is 34.2 Å². The molecule has 14 nitrogen and oxygen atoms in total. The lowest BCUT2D eigenvalue weighted by Crippen LogP contribution is -2.60. The van der Waals surface area contributed by atoms with Crippen molar-refractivity contribution >= 4 is 29.5 Å². The fourth-order valence-electron chi connectivity index (χ4n) is 5.34. The number of unbranched alkanes of at least 4 members (excludes halogenated alkanes) is 1. The average Bonchev–Trinajstić information content (AvgIpc) is 3.05. The Hall–Kier alpha value is -3.75. The molecular formula is C37H65N7O7. The number of hydrogen-bond donors (Lipinski definition) is 9. The number of nitrogens with two attached hydrogens (primary N) is 2. The lowest BCUT2D eigenvalue weighted by atomic mass is 9.99. The summed E-state index contributed by atoms with van der Waals surface area (Å²) >= 11 is 0. The van der Waals surface area contributed by atoms with Crippen molar-refractivity contribution in [2.45, 2.75) is 130 Å². The van der Waals surface area contributed by atoms with Gasteiger partial charge in [0.2, 0.25) is 29.5 Å². The molecule has 1 aromatic rings. The van der Waals surface area contributed by atoms with E-state index >= 15 is 0 Å². The molecule has 11 N–H and O–H groups in total. The number of phenolic OH excluding ortho intramolecular Hbond substituents is 1. The van der Waals surface area contributed by atoms with E-state index < -0.39 is 65.8 Å². The third-order valence-corrected chi connectivity index (χ3v) is 8.62. The van der Waals surface area contributed by atoms with E-state index in [2.05, 4.69) is 26.6 Å². The first-order chi connectivity index (χ1) is 23.9. The molecule has 0 aromatic heterocycles. The molecule has 0 saturated heterocycles. The Labute approximate surface area is 304 Å². The maximum atomic E-state index is 14.0. The minimum atomic E-state index is -1.17. The van der Waals surface area contributed by atoms with Crippen LogP contribution in [0.4, 0.5) is 0 Å². The van der Waals surface area contributed by atoms with E-state index in [-0.39, 0.29) is 48.9 Å². The molecule has 0 heterocycles. The molecule has 1 rings (SSSR count). The minimum Gasteiger partial charge on any atom is -0.508 e. The zero-order chi connectivity index (χ0) is 38.8. The second kappa shape index (κ2) is 22.9. The lowest BCUT2D eigenvalue weighted by Gasteiger charge is -2.29. The standard InChI is InChI=1S/C37H65N7O7/c1-21(2)17-28(35(49)44-31(20-45)23(5)6)41-36(50)30(19-25-12-14-26(46)15-13-25)42-33(47)27(11-9-10-16-38)40-34(48)29(18-22(3)4)43-37(51)32(39)24(7)8/h12-15,21-24,27-32,45-46H,9-11,16-20,38-39H2,1-8H3,(H,40,48)(H,41,50)(H,42,47)(H,43,51)(H,44,49)/t27-,28-,29+,30+,31+,32-/m0/s1. The first-order valence-corrected chi connectivity index (χ1v) is 18.3. The molecule has 0 saturated carbocycles. The normalized spacial score (nSPS) is 15.1. The summed E-state index contributed by atoms with van der Waals surface area (Å²) in [5.74, 6) is -2.86. The molecule has 0 fully saturated rings. The fraction of sp³-hybridized carbons (Fsp3) is 0.703. The second-order valence-electron chi connectivity index (χ2n) is 15.0. The van der Waals surface area contributed by atoms with Crippen molar-refractivity contribution in [1.82, 2.24) is 26.6 Å². The lowest BCUT2D eigenvalue weighted by molar-refractivity contribution is -0.135. The summed E-state index contributed by atoms with van der Waals surface area (Å²) in [6.07, 6.45) is 1.92. The summed E-state index contributed by atoms with van der Waals surface area (Å²) in [4.78, 5) is 67.7. The van der Waals surface area contributed by atoms with Crippen molar-refractivity contribution in [2.24, 2.45) is 35.1 Å². The van der Waals surface area contributed by atoms with Crippen molar-refractivity contribution in [1.29, 1.82) is 0 Å². The number of nitrogens with one attached hydrogen (secondary N) is 5. The van der Waals surface area contributed by atoms with E-state index in [0.29, 0.717) is 37.8 Å². The molecule has 14 heteroatoms. The highest BCUT2D eigenvalue weighted by molar-refractivity contribution is 5.96. The monoisotopic (exact) mass is 719 g/mol. The summed E-state index contributed by atoms with van der Waals surface area (Å²) in [7, 11) is 0. The van der Waals surface area contributed by atoms with Gasteiger partial charge in [-0.15, -0.1) is 0 Å².